The fourth-order valence-electron chi connectivity index (χ4n) is 10.6. The molecule has 0 bridgehead atoms. The van der Waals surface area contributed by atoms with Crippen molar-refractivity contribution in [2.45, 2.75) is 164 Å². The number of ketones is 1. The quantitative estimate of drug-likeness (QED) is 0.159. The Labute approximate surface area is 385 Å². The number of phenols is 2. The second-order valence-corrected chi connectivity index (χ2v) is 18.3. The molecule has 67 heavy (non-hydrogen) atoms. The third kappa shape index (κ3) is 8.12. The van der Waals surface area contributed by atoms with Crippen LogP contribution in [0.4, 0.5) is 0 Å². The highest BCUT2D eigenvalue weighted by atomic mass is 16.7. The minimum atomic E-state index is -1.75. The number of carbonyl (C=O) groups is 2. The van der Waals surface area contributed by atoms with Crippen LogP contribution in [0.1, 0.15) is 109 Å². The molecule has 3 fully saturated rings. The molecule has 0 spiro atoms. The number of hydrogen-bond donors (Lipinski definition) is 8. The summed E-state index contributed by atoms with van der Waals surface area (Å²) in [6, 6.07) is 1.48. The molecule has 20 heteroatoms. The van der Waals surface area contributed by atoms with Crippen LogP contribution in [0.25, 0.3) is 11.1 Å². The van der Waals surface area contributed by atoms with E-state index in [2.05, 4.69) is 0 Å². The maximum atomic E-state index is 14.6. The van der Waals surface area contributed by atoms with Crippen molar-refractivity contribution in [3.63, 3.8) is 0 Å². The summed E-state index contributed by atoms with van der Waals surface area (Å²) in [5, 5.41) is 91.2. The van der Waals surface area contributed by atoms with E-state index in [1.54, 1.807) is 20.8 Å². The first-order chi connectivity index (χ1) is 31.9. The van der Waals surface area contributed by atoms with Gasteiger partial charge in [0.05, 0.1) is 43.7 Å². The number of hydrogen-bond acceptors (Lipinski definition) is 20. The summed E-state index contributed by atoms with van der Waals surface area (Å²) in [6.45, 7) is 6.98. The van der Waals surface area contributed by atoms with Crippen molar-refractivity contribution < 1.29 is 97.8 Å². The normalized spacial score (nSPS) is 37.9. The van der Waals surface area contributed by atoms with E-state index in [0.717, 1.165) is 6.42 Å². The fourth-order valence-corrected chi connectivity index (χ4v) is 10.6. The van der Waals surface area contributed by atoms with Crippen LogP contribution in [0, 0.1) is 5.92 Å². The van der Waals surface area contributed by atoms with E-state index < -0.39 is 139 Å². The lowest BCUT2D eigenvalue weighted by atomic mass is 9.75. The van der Waals surface area contributed by atoms with Gasteiger partial charge >= 0.3 is 5.97 Å². The standard InChI is InChI=1S/C47H58O20/c1-7-8-20-11-19-12-21-31(39(53)30(19)47(57)63-20)33-34(42(56)37(21)51)45(59-6)46-35(41(33)55)40(54)32-24(65-46)9-10-25(38(32)52)64-27-13-22(48)43(17(3)61-27)66-28-14-23(49)44(18(4)62-28)67-29-15-26(58-5)36(50)16(2)60-29/h9-10,12,16-18,20,22-24,26-29,32,36-37,42-44,48-53,55-56H,7-8,11,13-15H2,1-6H3/t16?,17?,18?,20-,22?,23?,24?,26?,27?,28?,29?,32?,36?,37+,42+,43?,44?/m1/s1. The van der Waals surface area contributed by atoms with Gasteiger partial charge in [-0.2, -0.15) is 0 Å². The van der Waals surface area contributed by atoms with Crippen molar-refractivity contribution in [3.8, 4) is 34.1 Å². The molecule has 8 N–H and O–H groups in total. The van der Waals surface area contributed by atoms with Gasteiger partial charge in [0.15, 0.2) is 35.6 Å². The number of esters is 1. The molecule has 0 amide bonds. The van der Waals surface area contributed by atoms with E-state index in [4.69, 9.17) is 47.4 Å². The third-order valence-electron chi connectivity index (χ3n) is 13.9. The molecular formula is C47H58O20. The molecule has 0 radical (unpaired) electrons. The van der Waals surface area contributed by atoms with Crippen LogP contribution in [0.3, 0.4) is 0 Å². The van der Waals surface area contributed by atoms with E-state index >= 15 is 0 Å². The van der Waals surface area contributed by atoms with E-state index in [1.165, 1.54) is 32.4 Å². The SMILES string of the molecule is CCC[C@@H]1Cc2cc3c(c(O)c2C(=O)O1)-c1c(O)c2c(c(OC)c1[C@H](O)[C@H]3O)OC1C=CC(OC3CC(O)C(OC4CC(O)C(OC5CC(OC)C(O)C(C)O5)C(C)O4)C(C)O3)=C(O)C1C2=O. The number of aromatic hydroxyl groups is 2. The van der Waals surface area contributed by atoms with Crippen molar-refractivity contribution in [1.82, 2.24) is 0 Å². The minimum absolute atomic E-state index is 0.00274. The lowest BCUT2D eigenvalue weighted by Gasteiger charge is -2.44. The zero-order chi connectivity index (χ0) is 47.9. The van der Waals surface area contributed by atoms with E-state index in [-0.39, 0.29) is 70.8 Å². The van der Waals surface area contributed by atoms with Gasteiger partial charge in [-0.3, -0.25) is 4.79 Å². The third-order valence-corrected chi connectivity index (χ3v) is 13.9. The zero-order valence-corrected chi connectivity index (χ0v) is 37.8. The van der Waals surface area contributed by atoms with Crippen molar-refractivity contribution in [1.29, 1.82) is 0 Å². The number of methoxy groups -OCH3 is 2. The average Bonchev–Trinajstić information content (AvgIpc) is 3.27. The van der Waals surface area contributed by atoms with Crippen molar-refractivity contribution in [2.24, 2.45) is 5.92 Å². The summed E-state index contributed by atoms with van der Waals surface area (Å²) in [4.78, 5) is 27.9. The highest BCUT2D eigenvalue weighted by Gasteiger charge is 2.51. The molecule has 14 unspecified atom stereocenters. The molecule has 5 heterocycles. The van der Waals surface area contributed by atoms with Crippen LogP contribution in [0.15, 0.2) is 29.7 Å². The monoisotopic (exact) mass is 942 g/mol. The highest BCUT2D eigenvalue weighted by Crippen LogP contribution is 2.61. The van der Waals surface area contributed by atoms with Gasteiger partial charge in [0.25, 0.3) is 0 Å². The highest BCUT2D eigenvalue weighted by molar-refractivity contribution is 6.10. The lowest BCUT2D eigenvalue weighted by Crippen LogP contribution is -2.56. The number of aliphatic hydroxyl groups is 6. The predicted octanol–water partition coefficient (Wildman–Crippen LogP) is 2.92. The number of phenolic OH excluding ortho intramolecular Hbond substituents is 2. The number of aliphatic hydroxyl groups excluding tert-OH is 6. The van der Waals surface area contributed by atoms with Gasteiger partial charge in [-0.15, -0.1) is 0 Å². The van der Waals surface area contributed by atoms with Crippen molar-refractivity contribution in [3.05, 3.63) is 57.6 Å². The Morgan fingerprint density at radius 1 is 0.746 bits per heavy atom. The molecule has 0 aromatic heterocycles. The Bertz CT molecular complexity index is 2300. The minimum Gasteiger partial charge on any atom is -0.507 e. The predicted molar refractivity (Wildman–Crippen MR) is 227 cm³/mol. The topological polar surface area (TPSA) is 288 Å². The van der Waals surface area contributed by atoms with Crippen molar-refractivity contribution in [2.75, 3.05) is 14.2 Å². The number of allylic oxidation sites excluding steroid dienone is 1. The first-order valence-electron chi connectivity index (χ1n) is 22.7. The first kappa shape index (κ1) is 47.5. The Kier molecular flexibility index (Phi) is 13.0. The summed E-state index contributed by atoms with van der Waals surface area (Å²) in [6.07, 6.45) is -10.8. The molecule has 9 rings (SSSR count). The molecule has 3 saturated heterocycles. The zero-order valence-electron chi connectivity index (χ0n) is 37.8. The van der Waals surface area contributed by atoms with Gasteiger partial charge in [0.1, 0.15) is 77.0 Å². The lowest BCUT2D eigenvalue weighted by molar-refractivity contribution is -0.332. The first-order valence-corrected chi connectivity index (χ1v) is 22.7. The van der Waals surface area contributed by atoms with Crippen molar-refractivity contribution >= 4 is 11.8 Å². The molecule has 7 aliphatic rings. The summed E-state index contributed by atoms with van der Waals surface area (Å²) < 4.78 is 59.1. The Balaban J connectivity index is 0.912. The van der Waals surface area contributed by atoms with Crippen LogP contribution in [0.2, 0.25) is 0 Å². The number of rotatable bonds is 10. The smallest absolute Gasteiger partial charge is 0.342 e. The van der Waals surface area contributed by atoms with Crippen LogP contribution in [-0.2, 0) is 44.3 Å². The van der Waals surface area contributed by atoms with E-state index in [0.29, 0.717) is 12.0 Å². The second kappa shape index (κ2) is 18.4. The molecule has 5 aliphatic heterocycles. The summed E-state index contributed by atoms with van der Waals surface area (Å²) in [7, 11) is 2.72. The summed E-state index contributed by atoms with van der Waals surface area (Å²) in [5.41, 5.74) is -0.975. The van der Waals surface area contributed by atoms with E-state index in [9.17, 15) is 50.4 Å². The van der Waals surface area contributed by atoms with Gasteiger partial charge in [0, 0.05) is 49.5 Å². The summed E-state index contributed by atoms with van der Waals surface area (Å²) in [5.74, 6) is -5.85. The van der Waals surface area contributed by atoms with E-state index in [1.807, 2.05) is 6.92 Å². The van der Waals surface area contributed by atoms with Gasteiger partial charge in [-0.05, 0) is 50.5 Å². The number of carbonyl (C=O) groups excluding carboxylic acids is 2. The van der Waals surface area contributed by atoms with Gasteiger partial charge < -0.3 is 88.2 Å². The average molecular weight is 943 g/mol. The molecule has 17 atom stereocenters. The van der Waals surface area contributed by atoms with Crippen LogP contribution in [-0.4, -0.2) is 153 Å². The second-order valence-electron chi connectivity index (χ2n) is 18.3. The van der Waals surface area contributed by atoms with Crippen LogP contribution in [0.5, 0.6) is 23.0 Å². The van der Waals surface area contributed by atoms with Gasteiger partial charge in [0.2, 0.25) is 6.29 Å². The van der Waals surface area contributed by atoms with Gasteiger partial charge in [-0.25, -0.2) is 4.79 Å². The maximum absolute atomic E-state index is 14.6. The molecule has 20 nitrogen and oxygen atoms in total. The molecule has 2 aromatic rings. The molecule has 366 valence electrons. The Morgan fingerprint density at radius 2 is 1.37 bits per heavy atom. The van der Waals surface area contributed by atoms with Crippen LogP contribution < -0.4 is 9.47 Å². The molecule has 2 aliphatic carbocycles. The van der Waals surface area contributed by atoms with Crippen LogP contribution >= 0.6 is 0 Å². The number of fused-ring (bicyclic) bond motifs is 6. The molecular weight excluding hydrogens is 884 g/mol. The summed E-state index contributed by atoms with van der Waals surface area (Å²) >= 11 is 0. The largest absolute Gasteiger partial charge is 0.507 e. The molecule has 0 saturated carbocycles. The number of Topliss-reactive ketones (excluding diaryl/α,β-unsaturated/α-hetero) is 1. The van der Waals surface area contributed by atoms with Gasteiger partial charge in [-0.1, -0.05) is 19.4 Å². The molecule has 2 aromatic carbocycles. The maximum Gasteiger partial charge on any atom is 0.342 e. The number of ether oxygens (including phenoxy) is 10. The number of cyclic esters (lactones) is 1. The Hall–Kier alpha value is -4.58. The Morgan fingerprint density at radius 3 is 2.01 bits per heavy atom. The number of benzene rings is 2. The fraction of sp³-hybridized carbons (Fsp3) is 0.617.